The van der Waals surface area contributed by atoms with E-state index >= 15 is 0 Å². The first-order valence-electron chi connectivity index (χ1n) is 5.25. The molecular weight excluding hydrogens is 200 g/mol. The van der Waals surface area contributed by atoms with Crippen LogP contribution in [0, 0.1) is 5.92 Å². The Kier molecular flexibility index (Phi) is 3.05. The third-order valence-corrected chi connectivity index (χ3v) is 2.47. The van der Waals surface area contributed by atoms with Gasteiger partial charge in [-0.1, -0.05) is 30.4 Å². The zero-order valence-electron chi connectivity index (χ0n) is 8.89. The van der Waals surface area contributed by atoms with Crippen molar-refractivity contribution in [2.75, 3.05) is 11.1 Å². The highest BCUT2D eigenvalue weighted by Gasteiger charge is 2.15. The summed E-state index contributed by atoms with van der Waals surface area (Å²) < 4.78 is 0. The summed E-state index contributed by atoms with van der Waals surface area (Å²) in [6, 6.07) is 7.19. The van der Waals surface area contributed by atoms with Crippen molar-refractivity contribution in [3.63, 3.8) is 0 Å². The molecule has 0 heterocycles. The molecule has 0 spiro atoms. The van der Waals surface area contributed by atoms with Crippen molar-refractivity contribution in [3.8, 4) is 0 Å². The van der Waals surface area contributed by atoms with E-state index in [1.807, 2.05) is 36.4 Å². The van der Waals surface area contributed by atoms with Gasteiger partial charge in [-0.05, 0) is 24.6 Å². The zero-order valence-corrected chi connectivity index (χ0v) is 8.89. The minimum Gasteiger partial charge on any atom is -0.399 e. The van der Waals surface area contributed by atoms with E-state index < -0.39 is 0 Å². The lowest BCUT2D eigenvalue weighted by atomic mass is 10.00. The maximum absolute atomic E-state index is 11.8. The fraction of sp³-hybridized carbons (Fsp3) is 0.154. The number of anilines is 2. The molecule has 16 heavy (non-hydrogen) atoms. The van der Waals surface area contributed by atoms with Crippen LogP contribution in [0.15, 0.2) is 48.6 Å². The lowest BCUT2D eigenvalue weighted by Crippen LogP contribution is -2.21. The monoisotopic (exact) mass is 214 g/mol. The van der Waals surface area contributed by atoms with Gasteiger partial charge in [0, 0.05) is 11.4 Å². The third-order valence-electron chi connectivity index (χ3n) is 2.47. The van der Waals surface area contributed by atoms with E-state index in [2.05, 4.69) is 5.32 Å². The lowest BCUT2D eigenvalue weighted by Gasteiger charge is -2.13. The van der Waals surface area contributed by atoms with E-state index in [9.17, 15) is 4.79 Å². The molecule has 1 atom stereocenters. The number of nitrogens with two attached hydrogens (primary N) is 1. The molecule has 0 aromatic heterocycles. The van der Waals surface area contributed by atoms with Crippen LogP contribution in [0.4, 0.5) is 11.4 Å². The maximum Gasteiger partial charge on any atom is 0.231 e. The first-order chi connectivity index (χ1) is 7.75. The molecule has 1 unspecified atom stereocenters. The van der Waals surface area contributed by atoms with Gasteiger partial charge in [0.1, 0.15) is 0 Å². The van der Waals surface area contributed by atoms with Gasteiger partial charge in [-0.3, -0.25) is 4.79 Å². The lowest BCUT2D eigenvalue weighted by molar-refractivity contribution is -0.118. The van der Waals surface area contributed by atoms with Gasteiger partial charge in [-0.2, -0.15) is 0 Å². The van der Waals surface area contributed by atoms with Crippen molar-refractivity contribution in [1.82, 2.24) is 0 Å². The van der Waals surface area contributed by atoms with Crippen LogP contribution >= 0.6 is 0 Å². The van der Waals surface area contributed by atoms with Gasteiger partial charge < -0.3 is 11.1 Å². The van der Waals surface area contributed by atoms with Crippen molar-refractivity contribution >= 4 is 17.3 Å². The Balaban J connectivity index is 2.02. The number of nitrogens with one attached hydrogen (secondary N) is 1. The van der Waals surface area contributed by atoms with E-state index in [0.29, 0.717) is 5.69 Å². The Morgan fingerprint density at radius 1 is 1.38 bits per heavy atom. The van der Waals surface area contributed by atoms with Crippen molar-refractivity contribution in [3.05, 3.63) is 48.6 Å². The fourth-order valence-electron chi connectivity index (χ4n) is 1.63. The van der Waals surface area contributed by atoms with E-state index in [0.717, 1.165) is 12.1 Å². The molecule has 0 bridgehead atoms. The van der Waals surface area contributed by atoms with Crippen molar-refractivity contribution in [2.24, 2.45) is 5.92 Å². The van der Waals surface area contributed by atoms with Crippen LogP contribution in [0.2, 0.25) is 0 Å². The minimum atomic E-state index is -0.0774. The Labute approximate surface area is 94.7 Å². The molecule has 82 valence electrons. The Morgan fingerprint density at radius 3 is 2.94 bits per heavy atom. The van der Waals surface area contributed by atoms with Crippen molar-refractivity contribution in [1.29, 1.82) is 0 Å². The highest BCUT2D eigenvalue weighted by molar-refractivity contribution is 5.94. The van der Waals surface area contributed by atoms with Crippen molar-refractivity contribution in [2.45, 2.75) is 6.42 Å². The molecule has 1 aliphatic carbocycles. The molecule has 0 saturated heterocycles. The number of benzene rings is 1. The Morgan fingerprint density at radius 2 is 2.25 bits per heavy atom. The Bertz CT molecular complexity index is 449. The van der Waals surface area contributed by atoms with Crippen LogP contribution in [-0.4, -0.2) is 5.91 Å². The molecule has 3 nitrogen and oxygen atoms in total. The molecule has 1 aromatic rings. The summed E-state index contributed by atoms with van der Waals surface area (Å²) in [7, 11) is 0. The number of carbonyl (C=O) groups is 1. The molecule has 1 aliphatic rings. The average Bonchev–Trinajstić information content (AvgIpc) is 2.30. The molecule has 3 N–H and O–H groups in total. The largest absolute Gasteiger partial charge is 0.399 e. The number of carbonyl (C=O) groups excluding carboxylic acids is 1. The van der Waals surface area contributed by atoms with Crippen LogP contribution in [0.25, 0.3) is 0 Å². The van der Waals surface area contributed by atoms with Crippen LogP contribution in [0.5, 0.6) is 0 Å². The summed E-state index contributed by atoms with van der Waals surface area (Å²) in [6.45, 7) is 0. The number of amides is 1. The van der Waals surface area contributed by atoms with Crippen LogP contribution < -0.4 is 11.1 Å². The SMILES string of the molecule is Nc1cccc(NC(=O)C2C=CC=CC2)c1. The van der Waals surface area contributed by atoms with E-state index in [-0.39, 0.29) is 11.8 Å². The second kappa shape index (κ2) is 4.66. The van der Waals surface area contributed by atoms with E-state index in [1.54, 1.807) is 12.1 Å². The van der Waals surface area contributed by atoms with Crippen LogP contribution in [0.3, 0.4) is 0 Å². The van der Waals surface area contributed by atoms with Crippen LogP contribution in [0.1, 0.15) is 6.42 Å². The second-order valence-electron chi connectivity index (χ2n) is 3.77. The molecular formula is C13H14N2O. The van der Waals surface area contributed by atoms with Gasteiger partial charge >= 0.3 is 0 Å². The van der Waals surface area contributed by atoms with Gasteiger partial charge in [0.05, 0.1) is 5.92 Å². The summed E-state index contributed by atoms with van der Waals surface area (Å²) in [5.74, 6) is -0.0716. The number of hydrogen-bond acceptors (Lipinski definition) is 2. The summed E-state index contributed by atoms with van der Waals surface area (Å²) in [5, 5.41) is 2.85. The molecule has 0 saturated carbocycles. The van der Waals surface area contributed by atoms with Gasteiger partial charge in [0.25, 0.3) is 0 Å². The Hall–Kier alpha value is -2.03. The van der Waals surface area contributed by atoms with E-state index in [1.165, 1.54) is 0 Å². The van der Waals surface area contributed by atoms with Gasteiger partial charge in [0.2, 0.25) is 5.91 Å². The highest BCUT2D eigenvalue weighted by atomic mass is 16.1. The van der Waals surface area contributed by atoms with Gasteiger partial charge in [-0.25, -0.2) is 0 Å². The smallest absolute Gasteiger partial charge is 0.231 e. The molecule has 0 aliphatic heterocycles. The second-order valence-corrected chi connectivity index (χ2v) is 3.77. The molecule has 0 fully saturated rings. The summed E-state index contributed by atoms with van der Waals surface area (Å²) >= 11 is 0. The van der Waals surface area contributed by atoms with Crippen molar-refractivity contribution < 1.29 is 4.79 Å². The molecule has 2 rings (SSSR count). The summed E-state index contributed by atoms with van der Waals surface area (Å²) in [4.78, 5) is 11.8. The topological polar surface area (TPSA) is 55.1 Å². The predicted octanol–water partition coefficient (Wildman–Crippen LogP) is 2.34. The highest BCUT2D eigenvalue weighted by Crippen LogP contribution is 2.16. The first kappa shape index (κ1) is 10.5. The van der Waals surface area contributed by atoms with Crippen LogP contribution in [-0.2, 0) is 4.79 Å². The quantitative estimate of drug-likeness (QED) is 0.742. The molecule has 0 radical (unpaired) electrons. The fourth-order valence-corrected chi connectivity index (χ4v) is 1.63. The standard InChI is InChI=1S/C13H14N2O/c14-11-7-4-8-12(9-11)15-13(16)10-5-2-1-3-6-10/h1-5,7-10H,6,14H2,(H,15,16). The van der Waals surface area contributed by atoms with Gasteiger partial charge in [-0.15, -0.1) is 0 Å². The predicted molar refractivity (Wildman–Crippen MR) is 65.9 cm³/mol. The third kappa shape index (κ3) is 2.51. The minimum absolute atomic E-state index is 0.00574. The number of allylic oxidation sites excluding steroid dienone is 3. The first-order valence-corrected chi connectivity index (χ1v) is 5.25. The summed E-state index contributed by atoms with van der Waals surface area (Å²) in [6.07, 6.45) is 8.49. The number of hydrogen-bond donors (Lipinski definition) is 2. The summed E-state index contributed by atoms with van der Waals surface area (Å²) in [5.41, 5.74) is 7.03. The maximum atomic E-state index is 11.8. The normalized spacial score (nSPS) is 18.4. The average molecular weight is 214 g/mol. The van der Waals surface area contributed by atoms with Gasteiger partial charge in [0.15, 0.2) is 0 Å². The number of nitrogen functional groups attached to an aromatic ring is 1. The molecule has 3 heteroatoms. The molecule has 1 aromatic carbocycles. The molecule has 1 amide bonds. The zero-order chi connectivity index (χ0) is 11.4. The number of rotatable bonds is 2. The van der Waals surface area contributed by atoms with E-state index in [4.69, 9.17) is 5.73 Å².